The van der Waals surface area contributed by atoms with E-state index in [-0.39, 0.29) is 0 Å². The Balaban J connectivity index is 2.06. The van der Waals surface area contributed by atoms with E-state index in [0.29, 0.717) is 6.61 Å². The van der Waals surface area contributed by atoms with Crippen molar-refractivity contribution in [2.45, 2.75) is 13.2 Å². The zero-order valence-corrected chi connectivity index (χ0v) is 10.2. The van der Waals surface area contributed by atoms with Crippen LogP contribution in [0.5, 0.6) is 0 Å². The second kappa shape index (κ2) is 5.50. The van der Waals surface area contributed by atoms with Gasteiger partial charge in [-0.05, 0) is 11.1 Å². The third-order valence-corrected chi connectivity index (χ3v) is 2.68. The number of aryl methyl sites for hydroxylation is 1. The van der Waals surface area contributed by atoms with Crippen LogP contribution in [0.4, 0.5) is 5.95 Å². The lowest BCUT2D eigenvalue weighted by Crippen LogP contribution is -2.07. The Hall–Kier alpha value is -1.81. The number of imidazole rings is 1. The van der Waals surface area contributed by atoms with Gasteiger partial charge in [0.15, 0.2) is 0 Å². The van der Waals surface area contributed by atoms with Crippen molar-refractivity contribution in [3.8, 4) is 0 Å². The van der Waals surface area contributed by atoms with Gasteiger partial charge in [-0.25, -0.2) is 4.98 Å². The highest BCUT2D eigenvalue weighted by molar-refractivity contribution is 5.32. The molecule has 1 heterocycles. The number of hydrogen-bond acceptors (Lipinski definition) is 3. The quantitative estimate of drug-likeness (QED) is 0.857. The number of nitrogens with zero attached hydrogens (tertiary/aromatic N) is 2. The molecule has 0 atom stereocenters. The molecule has 1 aromatic heterocycles. The molecule has 0 aliphatic carbocycles. The molecule has 4 heteroatoms. The summed E-state index contributed by atoms with van der Waals surface area (Å²) in [5.74, 6) is 0.872. The smallest absolute Gasteiger partial charge is 0.202 e. The van der Waals surface area contributed by atoms with Gasteiger partial charge in [-0.15, -0.1) is 0 Å². The predicted octanol–water partition coefficient (Wildman–Crippen LogP) is 2.18. The summed E-state index contributed by atoms with van der Waals surface area (Å²) in [6.07, 6.45) is 3.70. The van der Waals surface area contributed by atoms with E-state index in [1.165, 1.54) is 11.1 Å². The van der Waals surface area contributed by atoms with Crippen molar-refractivity contribution in [1.82, 2.24) is 9.55 Å². The maximum absolute atomic E-state index is 5.18. The molecule has 1 aromatic carbocycles. The molecule has 0 saturated carbocycles. The first-order chi connectivity index (χ1) is 8.31. The molecule has 0 radical (unpaired) electrons. The monoisotopic (exact) mass is 231 g/mol. The fourth-order valence-electron chi connectivity index (χ4n) is 1.74. The standard InChI is InChI=1S/C13H17N3O/c1-16-8-7-14-13(16)15-9-11-5-3-4-6-12(11)10-17-2/h3-8H,9-10H2,1-2H3,(H,14,15). The average molecular weight is 231 g/mol. The Bertz CT molecular complexity index is 479. The Morgan fingerprint density at radius 1 is 1.29 bits per heavy atom. The van der Waals surface area contributed by atoms with Gasteiger partial charge in [0.1, 0.15) is 0 Å². The summed E-state index contributed by atoms with van der Waals surface area (Å²) >= 11 is 0. The molecule has 90 valence electrons. The van der Waals surface area contributed by atoms with E-state index in [4.69, 9.17) is 4.74 Å². The number of nitrogens with one attached hydrogen (secondary N) is 1. The number of benzene rings is 1. The van der Waals surface area contributed by atoms with Gasteiger partial charge in [0.2, 0.25) is 5.95 Å². The first kappa shape index (κ1) is 11.7. The van der Waals surface area contributed by atoms with Crippen molar-refractivity contribution in [1.29, 1.82) is 0 Å². The van der Waals surface area contributed by atoms with Crippen LogP contribution in [0.3, 0.4) is 0 Å². The fourth-order valence-corrected chi connectivity index (χ4v) is 1.74. The molecule has 0 unspecified atom stereocenters. The molecular weight excluding hydrogens is 214 g/mol. The minimum absolute atomic E-state index is 0.637. The van der Waals surface area contributed by atoms with E-state index in [1.807, 2.05) is 29.9 Å². The second-order valence-corrected chi connectivity index (χ2v) is 3.92. The molecule has 0 bridgehead atoms. The SMILES string of the molecule is COCc1ccccc1CNc1nccn1C. The summed E-state index contributed by atoms with van der Waals surface area (Å²) < 4.78 is 7.14. The summed E-state index contributed by atoms with van der Waals surface area (Å²) in [6.45, 7) is 1.39. The van der Waals surface area contributed by atoms with Crippen LogP contribution in [-0.4, -0.2) is 16.7 Å². The Morgan fingerprint density at radius 2 is 2.06 bits per heavy atom. The maximum Gasteiger partial charge on any atom is 0.202 e. The van der Waals surface area contributed by atoms with Crippen molar-refractivity contribution >= 4 is 5.95 Å². The molecule has 4 nitrogen and oxygen atoms in total. The van der Waals surface area contributed by atoms with E-state index < -0.39 is 0 Å². The third-order valence-electron chi connectivity index (χ3n) is 2.68. The number of ether oxygens (including phenoxy) is 1. The second-order valence-electron chi connectivity index (χ2n) is 3.92. The van der Waals surface area contributed by atoms with E-state index in [1.54, 1.807) is 13.3 Å². The van der Waals surface area contributed by atoms with Gasteiger partial charge in [0.05, 0.1) is 6.61 Å². The zero-order chi connectivity index (χ0) is 12.1. The summed E-state index contributed by atoms with van der Waals surface area (Å²) in [5, 5.41) is 3.30. The Kier molecular flexibility index (Phi) is 3.77. The molecule has 0 aliphatic rings. The predicted molar refractivity (Wildman–Crippen MR) is 67.7 cm³/mol. The van der Waals surface area contributed by atoms with E-state index >= 15 is 0 Å². The lowest BCUT2D eigenvalue weighted by Gasteiger charge is -2.10. The molecule has 0 amide bonds. The molecule has 0 spiro atoms. The topological polar surface area (TPSA) is 39.1 Å². The fraction of sp³-hybridized carbons (Fsp3) is 0.308. The molecule has 1 N–H and O–H groups in total. The highest BCUT2D eigenvalue weighted by atomic mass is 16.5. The Morgan fingerprint density at radius 3 is 2.71 bits per heavy atom. The van der Waals surface area contributed by atoms with E-state index in [2.05, 4.69) is 22.4 Å². The highest BCUT2D eigenvalue weighted by Gasteiger charge is 2.03. The number of methoxy groups -OCH3 is 1. The highest BCUT2D eigenvalue weighted by Crippen LogP contribution is 2.12. The van der Waals surface area contributed by atoms with Crippen molar-refractivity contribution in [2.75, 3.05) is 12.4 Å². The average Bonchev–Trinajstić information content (AvgIpc) is 2.74. The van der Waals surface area contributed by atoms with Crippen molar-refractivity contribution < 1.29 is 4.74 Å². The van der Waals surface area contributed by atoms with Gasteiger partial charge in [0, 0.05) is 33.1 Å². The lowest BCUT2D eigenvalue weighted by molar-refractivity contribution is 0.184. The molecular formula is C13H17N3O. The van der Waals surface area contributed by atoms with Gasteiger partial charge >= 0.3 is 0 Å². The van der Waals surface area contributed by atoms with E-state index in [9.17, 15) is 0 Å². The minimum Gasteiger partial charge on any atom is -0.380 e. The van der Waals surface area contributed by atoms with Crippen LogP contribution in [0, 0.1) is 0 Å². The minimum atomic E-state index is 0.637. The van der Waals surface area contributed by atoms with Crippen LogP contribution >= 0.6 is 0 Å². The van der Waals surface area contributed by atoms with Crippen molar-refractivity contribution in [2.24, 2.45) is 7.05 Å². The van der Waals surface area contributed by atoms with Crippen LogP contribution in [0.1, 0.15) is 11.1 Å². The molecule has 0 saturated heterocycles. The van der Waals surface area contributed by atoms with Crippen LogP contribution in [0.15, 0.2) is 36.7 Å². The van der Waals surface area contributed by atoms with Gasteiger partial charge < -0.3 is 14.6 Å². The summed E-state index contributed by atoms with van der Waals surface area (Å²) in [4.78, 5) is 4.23. The van der Waals surface area contributed by atoms with Gasteiger partial charge in [0.25, 0.3) is 0 Å². The molecule has 0 fully saturated rings. The Labute approximate surface area is 101 Å². The van der Waals surface area contributed by atoms with Crippen LogP contribution in [0.25, 0.3) is 0 Å². The lowest BCUT2D eigenvalue weighted by atomic mass is 10.1. The van der Waals surface area contributed by atoms with Gasteiger partial charge in [-0.2, -0.15) is 0 Å². The number of hydrogen-bond donors (Lipinski definition) is 1. The zero-order valence-electron chi connectivity index (χ0n) is 10.2. The van der Waals surface area contributed by atoms with Crippen LogP contribution in [0.2, 0.25) is 0 Å². The first-order valence-corrected chi connectivity index (χ1v) is 5.58. The summed E-state index contributed by atoms with van der Waals surface area (Å²) in [7, 11) is 3.68. The van der Waals surface area contributed by atoms with Crippen LogP contribution < -0.4 is 5.32 Å². The van der Waals surface area contributed by atoms with Gasteiger partial charge in [-0.3, -0.25) is 0 Å². The number of anilines is 1. The molecule has 2 rings (SSSR count). The maximum atomic E-state index is 5.18. The summed E-state index contributed by atoms with van der Waals surface area (Å²) in [5.41, 5.74) is 2.44. The van der Waals surface area contributed by atoms with Crippen molar-refractivity contribution in [3.05, 3.63) is 47.8 Å². The number of aromatic nitrogens is 2. The van der Waals surface area contributed by atoms with Crippen LogP contribution in [-0.2, 0) is 24.9 Å². The van der Waals surface area contributed by atoms with Gasteiger partial charge in [-0.1, -0.05) is 24.3 Å². The molecule has 17 heavy (non-hydrogen) atoms. The molecule has 0 aliphatic heterocycles. The largest absolute Gasteiger partial charge is 0.380 e. The number of rotatable bonds is 5. The summed E-state index contributed by atoms with van der Waals surface area (Å²) in [6, 6.07) is 8.25. The van der Waals surface area contributed by atoms with Crippen molar-refractivity contribution in [3.63, 3.8) is 0 Å². The third kappa shape index (κ3) is 2.85. The molecule has 2 aromatic rings. The normalized spacial score (nSPS) is 10.5. The van der Waals surface area contributed by atoms with E-state index in [0.717, 1.165) is 12.5 Å². The first-order valence-electron chi connectivity index (χ1n) is 5.58.